The summed E-state index contributed by atoms with van der Waals surface area (Å²) in [6.45, 7) is 0. The van der Waals surface area contributed by atoms with E-state index in [-0.39, 0.29) is 11.7 Å². The van der Waals surface area contributed by atoms with Crippen LogP contribution in [-0.4, -0.2) is 40.6 Å². The van der Waals surface area contributed by atoms with Gasteiger partial charge in [-0.15, -0.1) is 10.2 Å². The van der Waals surface area contributed by atoms with Crippen molar-refractivity contribution >= 4 is 46.6 Å². The predicted molar refractivity (Wildman–Crippen MR) is 115 cm³/mol. The normalized spacial score (nSPS) is 10.7. The minimum Gasteiger partial charge on any atom is -0.493 e. The molecule has 0 aliphatic heterocycles. The molecule has 0 aliphatic carbocycles. The molecular formula is C19H18Cl2N4O3S. The Balaban J connectivity index is 1.69. The average molecular weight is 453 g/mol. The quantitative estimate of drug-likeness (QED) is 0.530. The number of nitrogens with zero attached hydrogens (tertiary/aromatic N) is 3. The number of carbonyl (C=O) groups is 1. The maximum absolute atomic E-state index is 12.3. The van der Waals surface area contributed by atoms with Crippen LogP contribution in [0.25, 0.3) is 11.4 Å². The van der Waals surface area contributed by atoms with E-state index in [2.05, 4.69) is 15.5 Å². The molecule has 0 saturated carbocycles. The lowest BCUT2D eigenvalue weighted by molar-refractivity contribution is -0.113. The van der Waals surface area contributed by atoms with Gasteiger partial charge in [0.15, 0.2) is 22.5 Å². The molecule has 0 atom stereocenters. The molecule has 1 amide bonds. The fourth-order valence-electron chi connectivity index (χ4n) is 2.57. The number of rotatable bonds is 7. The van der Waals surface area contributed by atoms with Gasteiger partial charge in [-0.2, -0.15) is 0 Å². The number of ether oxygens (including phenoxy) is 2. The Morgan fingerprint density at radius 3 is 2.55 bits per heavy atom. The zero-order valence-corrected chi connectivity index (χ0v) is 18.2. The molecule has 7 nitrogen and oxygen atoms in total. The molecule has 2 aromatic carbocycles. The monoisotopic (exact) mass is 452 g/mol. The molecule has 152 valence electrons. The number of nitrogens with one attached hydrogen (secondary N) is 1. The van der Waals surface area contributed by atoms with Gasteiger partial charge in [0.1, 0.15) is 0 Å². The number of amides is 1. The summed E-state index contributed by atoms with van der Waals surface area (Å²) in [7, 11) is 4.99. The minimum absolute atomic E-state index is 0.150. The smallest absolute Gasteiger partial charge is 0.234 e. The van der Waals surface area contributed by atoms with Crippen molar-refractivity contribution in [2.24, 2.45) is 7.05 Å². The van der Waals surface area contributed by atoms with Gasteiger partial charge in [0, 0.05) is 17.6 Å². The molecular weight excluding hydrogens is 435 g/mol. The van der Waals surface area contributed by atoms with E-state index in [1.165, 1.54) is 11.8 Å². The van der Waals surface area contributed by atoms with Crippen LogP contribution in [0.1, 0.15) is 0 Å². The van der Waals surface area contributed by atoms with Gasteiger partial charge in [-0.3, -0.25) is 4.79 Å². The molecule has 10 heteroatoms. The Morgan fingerprint density at radius 2 is 1.86 bits per heavy atom. The lowest BCUT2D eigenvalue weighted by Crippen LogP contribution is -2.14. The summed E-state index contributed by atoms with van der Waals surface area (Å²) < 4.78 is 12.4. The Labute approximate surface area is 182 Å². The highest BCUT2D eigenvalue weighted by Crippen LogP contribution is 2.32. The minimum atomic E-state index is -0.213. The molecule has 1 N–H and O–H groups in total. The van der Waals surface area contributed by atoms with Gasteiger partial charge in [-0.25, -0.2) is 0 Å². The molecule has 0 radical (unpaired) electrons. The second-order valence-electron chi connectivity index (χ2n) is 5.90. The number of aromatic nitrogens is 3. The first kappa shape index (κ1) is 21.3. The summed E-state index contributed by atoms with van der Waals surface area (Å²) >= 11 is 13.2. The molecule has 0 bridgehead atoms. The van der Waals surface area contributed by atoms with Crippen LogP contribution in [0.15, 0.2) is 41.6 Å². The molecule has 0 fully saturated rings. The Morgan fingerprint density at radius 1 is 1.10 bits per heavy atom. The number of anilines is 1. The van der Waals surface area contributed by atoms with Gasteiger partial charge in [-0.05, 0) is 36.4 Å². The fraction of sp³-hybridized carbons (Fsp3) is 0.211. The van der Waals surface area contributed by atoms with Crippen molar-refractivity contribution in [2.45, 2.75) is 5.16 Å². The number of halogens is 2. The summed E-state index contributed by atoms with van der Waals surface area (Å²) in [4.78, 5) is 12.3. The van der Waals surface area contributed by atoms with Crippen molar-refractivity contribution in [2.75, 3.05) is 25.3 Å². The average Bonchev–Trinajstić information content (AvgIpc) is 3.08. The van der Waals surface area contributed by atoms with Crippen LogP contribution in [-0.2, 0) is 11.8 Å². The second-order valence-corrected chi connectivity index (χ2v) is 7.68. The summed E-state index contributed by atoms with van der Waals surface area (Å²) in [6.07, 6.45) is 0. The van der Waals surface area contributed by atoms with Crippen LogP contribution in [0.5, 0.6) is 11.5 Å². The molecule has 3 aromatic rings. The number of benzene rings is 2. The Hall–Kier alpha value is -2.42. The van der Waals surface area contributed by atoms with Crippen molar-refractivity contribution in [3.63, 3.8) is 0 Å². The third kappa shape index (κ3) is 4.95. The summed E-state index contributed by atoms with van der Waals surface area (Å²) in [5.41, 5.74) is 1.33. The number of methoxy groups -OCH3 is 2. The van der Waals surface area contributed by atoms with Gasteiger partial charge in [-0.1, -0.05) is 35.0 Å². The van der Waals surface area contributed by atoms with Crippen molar-refractivity contribution in [3.8, 4) is 22.9 Å². The number of thioether (sulfide) groups is 1. The van der Waals surface area contributed by atoms with Gasteiger partial charge in [0.25, 0.3) is 0 Å². The number of hydrogen-bond acceptors (Lipinski definition) is 6. The first-order chi connectivity index (χ1) is 13.9. The van der Waals surface area contributed by atoms with Crippen molar-refractivity contribution in [3.05, 3.63) is 46.4 Å². The standard InChI is InChI=1S/C19H18Cl2N4O3S/c1-25-18(11-4-7-15(27-2)16(8-11)28-3)23-24-19(25)29-10-17(26)22-14-6-5-12(20)9-13(14)21/h4-9H,10H2,1-3H3,(H,22,26). The van der Waals surface area contributed by atoms with Crippen LogP contribution < -0.4 is 14.8 Å². The first-order valence-corrected chi connectivity index (χ1v) is 10.2. The van der Waals surface area contributed by atoms with E-state index in [4.69, 9.17) is 32.7 Å². The van der Waals surface area contributed by atoms with E-state index in [1.54, 1.807) is 38.5 Å². The van der Waals surface area contributed by atoms with E-state index >= 15 is 0 Å². The van der Waals surface area contributed by atoms with Crippen LogP contribution >= 0.6 is 35.0 Å². The van der Waals surface area contributed by atoms with Crippen molar-refractivity contribution in [1.82, 2.24) is 14.8 Å². The SMILES string of the molecule is COc1ccc(-c2nnc(SCC(=O)Nc3ccc(Cl)cc3Cl)n2C)cc1OC. The summed E-state index contributed by atoms with van der Waals surface area (Å²) in [6, 6.07) is 10.4. The number of carbonyl (C=O) groups excluding carboxylic acids is 1. The van der Waals surface area contributed by atoms with Crippen LogP contribution in [0.2, 0.25) is 10.0 Å². The lowest BCUT2D eigenvalue weighted by Gasteiger charge is -2.10. The highest BCUT2D eigenvalue weighted by Gasteiger charge is 2.15. The zero-order chi connectivity index (χ0) is 21.0. The van der Waals surface area contributed by atoms with Crippen LogP contribution in [0.4, 0.5) is 5.69 Å². The van der Waals surface area contributed by atoms with Gasteiger partial charge < -0.3 is 19.4 Å². The van der Waals surface area contributed by atoms with Crippen LogP contribution in [0.3, 0.4) is 0 Å². The molecule has 3 rings (SSSR count). The first-order valence-electron chi connectivity index (χ1n) is 8.42. The summed E-state index contributed by atoms with van der Waals surface area (Å²) in [5, 5.41) is 12.7. The third-order valence-corrected chi connectivity index (χ3v) is 5.58. The molecule has 1 heterocycles. The second kappa shape index (κ2) is 9.39. The van der Waals surface area contributed by atoms with E-state index in [0.717, 1.165) is 5.56 Å². The molecule has 0 saturated heterocycles. The molecule has 0 spiro atoms. The lowest BCUT2D eigenvalue weighted by atomic mass is 10.2. The Bertz CT molecular complexity index is 1040. The van der Waals surface area contributed by atoms with E-state index in [0.29, 0.717) is 38.2 Å². The largest absolute Gasteiger partial charge is 0.493 e. The zero-order valence-electron chi connectivity index (χ0n) is 15.9. The van der Waals surface area contributed by atoms with Gasteiger partial charge in [0.2, 0.25) is 5.91 Å². The van der Waals surface area contributed by atoms with Crippen LogP contribution in [0, 0.1) is 0 Å². The van der Waals surface area contributed by atoms with E-state index in [9.17, 15) is 4.79 Å². The highest BCUT2D eigenvalue weighted by atomic mass is 35.5. The van der Waals surface area contributed by atoms with E-state index < -0.39 is 0 Å². The van der Waals surface area contributed by atoms with Gasteiger partial charge in [0.05, 0.1) is 30.7 Å². The predicted octanol–water partition coefficient (Wildman–Crippen LogP) is 4.54. The molecule has 0 unspecified atom stereocenters. The maximum Gasteiger partial charge on any atom is 0.234 e. The molecule has 1 aromatic heterocycles. The van der Waals surface area contributed by atoms with E-state index in [1.807, 2.05) is 23.7 Å². The van der Waals surface area contributed by atoms with Gasteiger partial charge >= 0.3 is 0 Å². The Kier molecular flexibility index (Phi) is 6.89. The topological polar surface area (TPSA) is 78.3 Å². The highest BCUT2D eigenvalue weighted by molar-refractivity contribution is 7.99. The van der Waals surface area contributed by atoms with Crippen molar-refractivity contribution < 1.29 is 14.3 Å². The third-order valence-electron chi connectivity index (χ3n) is 4.01. The molecule has 0 aliphatic rings. The summed E-state index contributed by atoms with van der Waals surface area (Å²) in [5.74, 6) is 1.81. The fourth-order valence-corrected chi connectivity index (χ4v) is 3.74. The number of hydrogen-bond donors (Lipinski definition) is 1. The molecule has 29 heavy (non-hydrogen) atoms. The van der Waals surface area contributed by atoms with Crippen molar-refractivity contribution in [1.29, 1.82) is 0 Å². The maximum atomic E-state index is 12.3.